The molecule has 1 aromatic rings. The molecular formula is C14H21NO2. The molecule has 17 heavy (non-hydrogen) atoms. The van der Waals surface area contributed by atoms with Crippen LogP contribution in [0.1, 0.15) is 27.2 Å². The molecule has 0 saturated carbocycles. The molecule has 0 aliphatic heterocycles. The van der Waals surface area contributed by atoms with Gasteiger partial charge in [0.25, 0.3) is 0 Å². The van der Waals surface area contributed by atoms with E-state index in [0.29, 0.717) is 5.92 Å². The fraction of sp³-hybridized carbons (Fsp3) is 0.500. The van der Waals surface area contributed by atoms with Crippen molar-refractivity contribution in [3.05, 3.63) is 24.3 Å². The second kappa shape index (κ2) is 6.28. The highest BCUT2D eigenvalue weighted by molar-refractivity contribution is 5.92. The molecule has 2 unspecified atom stereocenters. The minimum Gasteiger partial charge on any atom is -0.497 e. The lowest BCUT2D eigenvalue weighted by Gasteiger charge is -2.17. The average Bonchev–Trinajstić information content (AvgIpc) is 2.37. The molecule has 1 rings (SSSR count). The van der Waals surface area contributed by atoms with Crippen LogP contribution in [0.15, 0.2) is 24.3 Å². The molecule has 3 heteroatoms. The first-order valence-electron chi connectivity index (χ1n) is 6.03. The number of amides is 1. The Hall–Kier alpha value is -1.51. The minimum atomic E-state index is 0.0297. The molecule has 0 fully saturated rings. The van der Waals surface area contributed by atoms with E-state index in [-0.39, 0.29) is 11.8 Å². The zero-order valence-electron chi connectivity index (χ0n) is 11.0. The summed E-state index contributed by atoms with van der Waals surface area (Å²) in [7, 11) is 1.62. The van der Waals surface area contributed by atoms with E-state index in [1.165, 1.54) is 0 Å². The molecule has 1 amide bonds. The van der Waals surface area contributed by atoms with E-state index in [1.54, 1.807) is 7.11 Å². The zero-order valence-corrected chi connectivity index (χ0v) is 11.0. The monoisotopic (exact) mass is 235 g/mol. The van der Waals surface area contributed by atoms with Crippen LogP contribution in [0.3, 0.4) is 0 Å². The molecule has 0 heterocycles. The summed E-state index contributed by atoms with van der Waals surface area (Å²) in [6.07, 6.45) is 1.01. The highest BCUT2D eigenvalue weighted by Gasteiger charge is 2.18. The molecule has 2 atom stereocenters. The summed E-state index contributed by atoms with van der Waals surface area (Å²) in [6.45, 7) is 6.16. The van der Waals surface area contributed by atoms with Crippen molar-refractivity contribution >= 4 is 11.6 Å². The summed E-state index contributed by atoms with van der Waals surface area (Å²) in [5, 5.41) is 2.91. The SMILES string of the molecule is CCC(C)C(C)C(=O)Nc1ccc(OC)cc1. The van der Waals surface area contributed by atoms with Gasteiger partial charge < -0.3 is 10.1 Å². The number of methoxy groups -OCH3 is 1. The second-order valence-electron chi connectivity index (χ2n) is 4.39. The third-order valence-corrected chi connectivity index (χ3v) is 3.27. The van der Waals surface area contributed by atoms with E-state index in [2.05, 4.69) is 19.2 Å². The van der Waals surface area contributed by atoms with Crippen molar-refractivity contribution in [1.82, 2.24) is 0 Å². The number of benzene rings is 1. The van der Waals surface area contributed by atoms with E-state index in [0.717, 1.165) is 17.9 Å². The molecule has 1 aromatic carbocycles. The predicted octanol–water partition coefficient (Wildman–Crippen LogP) is 3.32. The van der Waals surface area contributed by atoms with Crippen LogP contribution in [0.25, 0.3) is 0 Å². The lowest BCUT2D eigenvalue weighted by atomic mass is 9.93. The van der Waals surface area contributed by atoms with Gasteiger partial charge in [0.1, 0.15) is 5.75 Å². The van der Waals surface area contributed by atoms with Gasteiger partial charge in [-0.25, -0.2) is 0 Å². The number of carbonyl (C=O) groups excluding carboxylic acids is 1. The number of hydrogen-bond donors (Lipinski definition) is 1. The first kappa shape index (κ1) is 13.6. The van der Waals surface area contributed by atoms with Crippen LogP contribution in [-0.2, 0) is 4.79 Å². The van der Waals surface area contributed by atoms with Crippen molar-refractivity contribution in [2.24, 2.45) is 11.8 Å². The smallest absolute Gasteiger partial charge is 0.227 e. The first-order chi connectivity index (χ1) is 8.08. The normalized spacial score (nSPS) is 13.9. The lowest BCUT2D eigenvalue weighted by molar-refractivity contribution is -0.120. The number of anilines is 1. The van der Waals surface area contributed by atoms with Gasteiger partial charge in [-0.3, -0.25) is 4.79 Å². The molecule has 0 spiro atoms. The number of nitrogens with one attached hydrogen (secondary N) is 1. The molecule has 0 aromatic heterocycles. The van der Waals surface area contributed by atoms with Crippen LogP contribution in [0.2, 0.25) is 0 Å². The van der Waals surface area contributed by atoms with Crippen molar-refractivity contribution in [2.45, 2.75) is 27.2 Å². The molecule has 1 N–H and O–H groups in total. The standard InChI is InChI=1S/C14H21NO2/c1-5-10(2)11(3)14(16)15-12-6-8-13(17-4)9-7-12/h6-11H,5H2,1-4H3,(H,15,16). The van der Waals surface area contributed by atoms with Gasteiger partial charge in [-0.15, -0.1) is 0 Å². The van der Waals surface area contributed by atoms with Crippen molar-refractivity contribution in [3.8, 4) is 5.75 Å². The van der Waals surface area contributed by atoms with Gasteiger partial charge in [-0.2, -0.15) is 0 Å². The van der Waals surface area contributed by atoms with E-state index in [4.69, 9.17) is 4.74 Å². The Morgan fingerprint density at radius 1 is 1.29 bits per heavy atom. The molecule has 0 aliphatic carbocycles. The fourth-order valence-electron chi connectivity index (χ4n) is 1.54. The Balaban J connectivity index is 2.61. The predicted molar refractivity (Wildman–Crippen MR) is 70.2 cm³/mol. The van der Waals surface area contributed by atoms with Gasteiger partial charge >= 0.3 is 0 Å². The average molecular weight is 235 g/mol. The topological polar surface area (TPSA) is 38.3 Å². The summed E-state index contributed by atoms with van der Waals surface area (Å²) in [6, 6.07) is 7.37. The Morgan fingerprint density at radius 2 is 1.88 bits per heavy atom. The van der Waals surface area contributed by atoms with E-state index in [1.807, 2.05) is 31.2 Å². The first-order valence-corrected chi connectivity index (χ1v) is 6.03. The Bertz CT molecular complexity index is 359. The van der Waals surface area contributed by atoms with E-state index < -0.39 is 0 Å². The second-order valence-corrected chi connectivity index (χ2v) is 4.39. The highest BCUT2D eigenvalue weighted by atomic mass is 16.5. The summed E-state index contributed by atoms with van der Waals surface area (Å²) >= 11 is 0. The van der Waals surface area contributed by atoms with Crippen LogP contribution in [0.4, 0.5) is 5.69 Å². The third-order valence-electron chi connectivity index (χ3n) is 3.27. The highest BCUT2D eigenvalue weighted by Crippen LogP contribution is 2.19. The van der Waals surface area contributed by atoms with Gasteiger partial charge in [-0.1, -0.05) is 27.2 Å². The summed E-state index contributed by atoms with van der Waals surface area (Å²) < 4.78 is 5.06. The van der Waals surface area contributed by atoms with Crippen molar-refractivity contribution < 1.29 is 9.53 Å². The third kappa shape index (κ3) is 3.77. The zero-order chi connectivity index (χ0) is 12.8. The Labute approximate surface area is 103 Å². The Morgan fingerprint density at radius 3 is 2.35 bits per heavy atom. The fourth-order valence-corrected chi connectivity index (χ4v) is 1.54. The maximum Gasteiger partial charge on any atom is 0.227 e. The van der Waals surface area contributed by atoms with Gasteiger partial charge in [0.15, 0.2) is 0 Å². The number of rotatable bonds is 5. The van der Waals surface area contributed by atoms with E-state index >= 15 is 0 Å². The molecule has 0 bridgehead atoms. The quantitative estimate of drug-likeness (QED) is 0.850. The van der Waals surface area contributed by atoms with Crippen LogP contribution in [0, 0.1) is 11.8 Å². The summed E-state index contributed by atoms with van der Waals surface area (Å²) in [5.74, 6) is 1.29. The molecule has 0 radical (unpaired) electrons. The maximum absolute atomic E-state index is 11.9. The van der Waals surface area contributed by atoms with Gasteiger partial charge in [0.05, 0.1) is 7.11 Å². The lowest BCUT2D eigenvalue weighted by Crippen LogP contribution is -2.25. The molecular weight excluding hydrogens is 214 g/mol. The van der Waals surface area contributed by atoms with Crippen LogP contribution < -0.4 is 10.1 Å². The molecule has 0 saturated heterocycles. The number of ether oxygens (including phenoxy) is 1. The van der Waals surface area contributed by atoms with Gasteiger partial charge in [0, 0.05) is 11.6 Å². The molecule has 0 aliphatic rings. The summed E-state index contributed by atoms with van der Waals surface area (Å²) in [5.41, 5.74) is 0.811. The van der Waals surface area contributed by atoms with Crippen LogP contribution in [-0.4, -0.2) is 13.0 Å². The molecule has 3 nitrogen and oxygen atoms in total. The number of carbonyl (C=O) groups is 1. The van der Waals surface area contributed by atoms with Crippen molar-refractivity contribution in [3.63, 3.8) is 0 Å². The van der Waals surface area contributed by atoms with Crippen molar-refractivity contribution in [1.29, 1.82) is 0 Å². The minimum absolute atomic E-state index is 0.0297. The van der Waals surface area contributed by atoms with Gasteiger partial charge in [0.2, 0.25) is 5.91 Å². The number of hydrogen-bond acceptors (Lipinski definition) is 2. The summed E-state index contributed by atoms with van der Waals surface area (Å²) in [4.78, 5) is 11.9. The molecule has 94 valence electrons. The van der Waals surface area contributed by atoms with E-state index in [9.17, 15) is 4.79 Å². The van der Waals surface area contributed by atoms with Crippen LogP contribution in [0.5, 0.6) is 5.75 Å². The Kier molecular flexibility index (Phi) is 5.01. The largest absolute Gasteiger partial charge is 0.497 e. The van der Waals surface area contributed by atoms with Crippen molar-refractivity contribution in [2.75, 3.05) is 12.4 Å². The van der Waals surface area contributed by atoms with Gasteiger partial charge in [-0.05, 0) is 30.2 Å². The van der Waals surface area contributed by atoms with Crippen LogP contribution >= 0.6 is 0 Å². The maximum atomic E-state index is 11.9.